The first kappa shape index (κ1) is 12.7. The number of nitrogens with zero attached hydrogens (tertiary/aromatic N) is 2. The highest BCUT2D eigenvalue weighted by atomic mass is 16.1. The Kier molecular flexibility index (Phi) is 2.85. The Hall–Kier alpha value is -1.03. The van der Waals surface area contributed by atoms with Crippen molar-refractivity contribution in [2.75, 3.05) is 6.54 Å². The Morgan fingerprint density at radius 2 is 1.60 bits per heavy atom. The second-order valence-electron chi connectivity index (χ2n) is 7.61. The minimum Gasteiger partial charge on any atom is -0.329 e. The van der Waals surface area contributed by atoms with E-state index in [2.05, 4.69) is 0 Å². The summed E-state index contributed by atoms with van der Waals surface area (Å²) < 4.78 is 3.70. The summed E-state index contributed by atoms with van der Waals surface area (Å²) in [5, 5.41) is 0. The van der Waals surface area contributed by atoms with Gasteiger partial charge in [-0.25, -0.2) is 4.79 Å². The van der Waals surface area contributed by atoms with Crippen molar-refractivity contribution in [2.45, 2.75) is 51.6 Å². The molecule has 5 rings (SSSR count). The van der Waals surface area contributed by atoms with Crippen LogP contribution in [0.1, 0.15) is 38.5 Å². The van der Waals surface area contributed by atoms with Crippen LogP contribution in [0.15, 0.2) is 17.2 Å². The topological polar surface area (TPSA) is 52.9 Å². The summed E-state index contributed by atoms with van der Waals surface area (Å²) in [4.78, 5) is 12.4. The van der Waals surface area contributed by atoms with Crippen LogP contribution in [0, 0.1) is 23.2 Å². The molecule has 4 aliphatic rings. The molecule has 0 aliphatic heterocycles. The van der Waals surface area contributed by atoms with Gasteiger partial charge in [-0.15, -0.1) is 0 Å². The van der Waals surface area contributed by atoms with Gasteiger partial charge < -0.3 is 5.73 Å². The van der Waals surface area contributed by atoms with Gasteiger partial charge in [0.25, 0.3) is 0 Å². The van der Waals surface area contributed by atoms with Crippen molar-refractivity contribution in [1.82, 2.24) is 9.13 Å². The molecule has 0 atom stereocenters. The van der Waals surface area contributed by atoms with Crippen molar-refractivity contribution >= 4 is 0 Å². The first-order chi connectivity index (χ1) is 9.67. The molecule has 110 valence electrons. The summed E-state index contributed by atoms with van der Waals surface area (Å²) in [5.74, 6) is 2.84. The maximum atomic E-state index is 12.4. The first-order valence-electron chi connectivity index (χ1n) is 8.13. The lowest BCUT2D eigenvalue weighted by molar-refractivity contribution is -0.0623. The highest BCUT2D eigenvalue weighted by Crippen LogP contribution is 2.60. The van der Waals surface area contributed by atoms with Gasteiger partial charge in [-0.05, 0) is 61.7 Å². The Bertz CT molecular complexity index is 521. The molecular weight excluding hydrogens is 250 g/mol. The fourth-order valence-electron chi connectivity index (χ4n) is 5.73. The van der Waals surface area contributed by atoms with Gasteiger partial charge in [-0.3, -0.25) is 9.13 Å². The summed E-state index contributed by atoms with van der Waals surface area (Å²) in [6.07, 6.45) is 12.3. The van der Waals surface area contributed by atoms with Gasteiger partial charge >= 0.3 is 5.69 Å². The lowest BCUT2D eigenvalue weighted by atomic mass is 9.49. The van der Waals surface area contributed by atoms with Crippen LogP contribution in [0.2, 0.25) is 0 Å². The van der Waals surface area contributed by atoms with E-state index >= 15 is 0 Å². The molecule has 1 aromatic rings. The van der Waals surface area contributed by atoms with E-state index in [4.69, 9.17) is 5.73 Å². The van der Waals surface area contributed by atoms with E-state index in [1.165, 1.54) is 38.5 Å². The summed E-state index contributed by atoms with van der Waals surface area (Å²) in [6.45, 7) is 2.10. The fraction of sp³-hybridized carbons (Fsp3) is 0.812. The van der Waals surface area contributed by atoms with Gasteiger partial charge in [0.15, 0.2) is 0 Å². The average molecular weight is 275 g/mol. The summed E-state index contributed by atoms with van der Waals surface area (Å²) in [6, 6.07) is 0. The van der Waals surface area contributed by atoms with Gasteiger partial charge in [0.1, 0.15) is 0 Å². The zero-order valence-corrected chi connectivity index (χ0v) is 12.1. The van der Waals surface area contributed by atoms with Crippen LogP contribution in [0.5, 0.6) is 0 Å². The van der Waals surface area contributed by atoms with Crippen molar-refractivity contribution < 1.29 is 0 Å². The molecule has 0 spiro atoms. The number of imidazole rings is 1. The predicted octanol–water partition coefficient (Wildman–Crippen LogP) is 1.82. The average Bonchev–Trinajstić information content (AvgIpc) is 2.70. The number of rotatable bonds is 4. The van der Waals surface area contributed by atoms with Crippen LogP contribution in [0.4, 0.5) is 0 Å². The molecule has 4 bridgehead atoms. The third kappa shape index (κ3) is 1.96. The van der Waals surface area contributed by atoms with Crippen LogP contribution < -0.4 is 11.4 Å². The molecule has 0 amide bonds. The van der Waals surface area contributed by atoms with Gasteiger partial charge in [0, 0.05) is 32.0 Å². The lowest BCUT2D eigenvalue weighted by Gasteiger charge is -2.56. The lowest BCUT2D eigenvalue weighted by Crippen LogP contribution is -2.48. The minimum atomic E-state index is 0.131. The first-order valence-corrected chi connectivity index (χ1v) is 8.13. The molecule has 4 saturated carbocycles. The highest BCUT2D eigenvalue weighted by Gasteiger charge is 2.50. The molecule has 1 aromatic heterocycles. The van der Waals surface area contributed by atoms with E-state index in [9.17, 15) is 4.79 Å². The third-order valence-electron chi connectivity index (χ3n) is 5.96. The maximum absolute atomic E-state index is 12.4. The Morgan fingerprint density at radius 3 is 2.15 bits per heavy atom. The Balaban J connectivity index is 1.58. The fourth-order valence-corrected chi connectivity index (χ4v) is 5.73. The van der Waals surface area contributed by atoms with Crippen LogP contribution in [0.3, 0.4) is 0 Å². The van der Waals surface area contributed by atoms with Crippen molar-refractivity contribution in [3.63, 3.8) is 0 Å². The summed E-state index contributed by atoms with van der Waals surface area (Å²) >= 11 is 0. The molecule has 4 nitrogen and oxygen atoms in total. The van der Waals surface area contributed by atoms with E-state index in [0.717, 1.165) is 24.3 Å². The molecular formula is C16H25N3O. The second kappa shape index (κ2) is 4.48. The zero-order valence-electron chi connectivity index (χ0n) is 12.1. The third-order valence-corrected chi connectivity index (χ3v) is 5.96. The molecule has 0 radical (unpaired) electrons. The van der Waals surface area contributed by atoms with E-state index < -0.39 is 0 Å². The second-order valence-corrected chi connectivity index (χ2v) is 7.61. The Labute approximate surface area is 120 Å². The molecule has 1 heterocycles. The Morgan fingerprint density at radius 1 is 1.05 bits per heavy atom. The van der Waals surface area contributed by atoms with E-state index in [-0.39, 0.29) is 5.69 Å². The monoisotopic (exact) mass is 275 g/mol. The van der Waals surface area contributed by atoms with Crippen LogP contribution >= 0.6 is 0 Å². The van der Waals surface area contributed by atoms with E-state index in [0.29, 0.717) is 18.5 Å². The molecule has 2 N–H and O–H groups in total. The molecule has 4 aliphatic carbocycles. The molecule has 20 heavy (non-hydrogen) atoms. The van der Waals surface area contributed by atoms with Crippen molar-refractivity contribution in [2.24, 2.45) is 28.9 Å². The molecule has 4 heteroatoms. The molecule has 0 aromatic carbocycles. The van der Waals surface area contributed by atoms with Gasteiger partial charge in [0.2, 0.25) is 0 Å². The molecule has 0 saturated heterocycles. The van der Waals surface area contributed by atoms with E-state index in [1.54, 1.807) is 4.57 Å². The zero-order chi connectivity index (χ0) is 13.7. The van der Waals surface area contributed by atoms with Crippen LogP contribution in [-0.2, 0) is 13.1 Å². The molecule has 4 fully saturated rings. The van der Waals surface area contributed by atoms with Crippen molar-refractivity contribution in [3.8, 4) is 0 Å². The summed E-state index contributed by atoms with van der Waals surface area (Å²) in [7, 11) is 0. The smallest absolute Gasteiger partial charge is 0.328 e. The van der Waals surface area contributed by atoms with Gasteiger partial charge in [-0.2, -0.15) is 0 Å². The number of nitrogens with two attached hydrogens (primary N) is 1. The largest absolute Gasteiger partial charge is 0.329 e. The summed E-state index contributed by atoms with van der Waals surface area (Å²) in [5.41, 5.74) is 6.11. The van der Waals surface area contributed by atoms with Crippen LogP contribution in [-0.4, -0.2) is 15.7 Å². The van der Waals surface area contributed by atoms with Gasteiger partial charge in [0.05, 0.1) is 0 Å². The van der Waals surface area contributed by atoms with Crippen molar-refractivity contribution in [3.05, 3.63) is 22.9 Å². The van der Waals surface area contributed by atoms with E-state index in [1.807, 2.05) is 17.0 Å². The molecule has 0 unspecified atom stereocenters. The number of aromatic nitrogens is 2. The van der Waals surface area contributed by atoms with Crippen molar-refractivity contribution in [1.29, 1.82) is 0 Å². The van der Waals surface area contributed by atoms with Crippen LogP contribution in [0.25, 0.3) is 0 Å². The SMILES string of the molecule is NCCn1ccn(CC23CC4CC(CC(C4)C2)C3)c1=O. The standard InChI is InChI=1S/C16H25N3O/c17-1-2-18-3-4-19(15(18)20)11-16-8-12-5-13(9-16)7-14(6-12)10-16/h3-4,12-14H,1-2,5-11,17H2. The van der Waals surface area contributed by atoms with Gasteiger partial charge in [-0.1, -0.05) is 0 Å². The predicted molar refractivity (Wildman–Crippen MR) is 78.4 cm³/mol. The number of hydrogen-bond donors (Lipinski definition) is 1. The quantitative estimate of drug-likeness (QED) is 0.911. The number of hydrogen-bond acceptors (Lipinski definition) is 2. The normalized spacial score (nSPS) is 38.5. The highest BCUT2D eigenvalue weighted by molar-refractivity contribution is 5.02. The minimum absolute atomic E-state index is 0.131. The maximum Gasteiger partial charge on any atom is 0.328 e.